The number of carbonyl (C=O) groups excluding carboxylic acids is 1. The lowest BCUT2D eigenvalue weighted by Crippen LogP contribution is -2.12. The molecule has 0 radical (unpaired) electrons. The summed E-state index contributed by atoms with van der Waals surface area (Å²) < 4.78 is 28.3. The van der Waals surface area contributed by atoms with Crippen molar-refractivity contribution in [3.63, 3.8) is 0 Å². The minimum Gasteiger partial charge on any atom is -0.287 e. The van der Waals surface area contributed by atoms with Gasteiger partial charge < -0.3 is 0 Å². The molecule has 0 spiro atoms. The van der Waals surface area contributed by atoms with Gasteiger partial charge >= 0.3 is 0 Å². The van der Waals surface area contributed by atoms with Crippen molar-refractivity contribution in [2.24, 2.45) is 0 Å². The van der Waals surface area contributed by atoms with E-state index in [0.29, 0.717) is 6.07 Å². The number of allylic oxidation sites excluding steroid dienone is 1. The van der Waals surface area contributed by atoms with Gasteiger partial charge in [0.15, 0.2) is 0 Å². The Kier molecular flexibility index (Phi) is 4.29. The number of Topliss-reactive ketones (excluding diaryl/α,β-unsaturated/α-hetero) is 1. The summed E-state index contributed by atoms with van der Waals surface area (Å²) in [5, 5.41) is 3.94. The van der Waals surface area contributed by atoms with E-state index in [1.807, 2.05) is 31.2 Å². The number of ketones is 1. The van der Waals surface area contributed by atoms with Crippen LogP contribution in [-0.4, -0.2) is 20.5 Å². The number of aromatic nitrogens is 3. The molecular formula is C18H13F2N3O. The van der Waals surface area contributed by atoms with Crippen molar-refractivity contribution >= 4 is 17.6 Å². The Hall–Kier alpha value is -3.15. The second kappa shape index (κ2) is 6.54. The van der Waals surface area contributed by atoms with Crippen LogP contribution in [0.25, 0.3) is 11.8 Å². The van der Waals surface area contributed by atoms with Gasteiger partial charge in [-0.2, -0.15) is 5.10 Å². The van der Waals surface area contributed by atoms with Crippen molar-refractivity contribution in [3.8, 4) is 0 Å². The number of benzene rings is 2. The number of carbonyl (C=O) groups is 1. The van der Waals surface area contributed by atoms with Crippen LogP contribution >= 0.6 is 0 Å². The lowest BCUT2D eigenvalue weighted by molar-refractivity contribution is 0.104. The van der Waals surface area contributed by atoms with Crippen LogP contribution in [-0.2, 0) is 0 Å². The van der Waals surface area contributed by atoms with E-state index in [1.165, 1.54) is 17.3 Å². The molecule has 0 amide bonds. The molecule has 0 fully saturated rings. The molecule has 6 heteroatoms. The Bertz CT molecular complexity index is 901. The second-order valence-corrected chi connectivity index (χ2v) is 5.23. The van der Waals surface area contributed by atoms with E-state index in [9.17, 15) is 13.6 Å². The van der Waals surface area contributed by atoms with Crippen LogP contribution in [0.4, 0.5) is 8.78 Å². The van der Waals surface area contributed by atoms with Crippen molar-refractivity contribution in [1.29, 1.82) is 0 Å². The average Bonchev–Trinajstić information content (AvgIpc) is 3.08. The van der Waals surface area contributed by atoms with E-state index >= 15 is 0 Å². The molecule has 0 atom stereocenters. The van der Waals surface area contributed by atoms with E-state index in [4.69, 9.17) is 0 Å². The molecule has 0 saturated heterocycles. The Labute approximate surface area is 137 Å². The van der Waals surface area contributed by atoms with Crippen molar-refractivity contribution < 1.29 is 13.6 Å². The predicted molar refractivity (Wildman–Crippen MR) is 86.1 cm³/mol. The van der Waals surface area contributed by atoms with Crippen LogP contribution in [0.2, 0.25) is 0 Å². The Balaban J connectivity index is 2.08. The lowest BCUT2D eigenvalue weighted by Gasteiger charge is -2.08. The van der Waals surface area contributed by atoms with Crippen LogP contribution in [0.1, 0.15) is 21.5 Å². The first kappa shape index (κ1) is 15.7. The van der Waals surface area contributed by atoms with Crippen LogP contribution < -0.4 is 0 Å². The molecule has 0 saturated carbocycles. The molecular weight excluding hydrogens is 312 g/mol. The van der Waals surface area contributed by atoms with Crippen molar-refractivity contribution in [1.82, 2.24) is 14.8 Å². The van der Waals surface area contributed by atoms with Crippen molar-refractivity contribution in [2.75, 3.05) is 0 Å². The smallest absolute Gasteiger partial charge is 0.214 e. The summed E-state index contributed by atoms with van der Waals surface area (Å²) >= 11 is 0. The first-order valence-corrected chi connectivity index (χ1v) is 7.18. The molecule has 0 aliphatic carbocycles. The molecule has 3 rings (SSSR count). The number of aryl methyl sites for hydroxylation is 1. The maximum absolute atomic E-state index is 14.0. The van der Waals surface area contributed by atoms with Gasteiger partial charge in [0.1, 0.15) is 30.0 Å². The van der Waals surface area contributed by atoms with Gasteiger partial charge in [-0.15, -0.1) is 0 Å². The molecule has 0 bridgehead atoms. The van der Waals surface area contributed by atoms with Crippen LogP contribution in [0.15, 0.2) is 55.1 Å². The quantitative estimate of drug-likeness (QED) is 0.542. The zero-order valence-electron chi connectivity index (χ0n) is 12.8. The van der Waals surface area contributed by atoms with Gasteiger partial charge in [0.05, 0.1) is 5.56 Å². The number of hydrogen-bond donors (Lipinski definition) is 0. The van der Waals surface area contributed by atoms with Gasteiger partial charge in [0.2, 0.25) is 5.78 Å². The molecule has 120 valence electrons. The topological polar surface area (TPSA) is 47.8 Å². The molecule has 4 nitrogen and oxygen atoms in total. The summed E-state index contributed by atoms with van der Waals surface area (Å²) in [6.07, 6.45) is 4.20. The SMILES string of the molecule is Cc1ccc(/C=C(/C(=O)c2ccc(F)cc2F)n2cncn2)cc1. The standard InChI is InChI=1S/C18H13F2N3O/c1-12-2-4-13(5-3-12)8-17(23-11-21-10-22-23)18(24)15-7-6-14(19)9-16(15)20/h2-11H,1H3/b17-8-. The molecule has 0 aliphatic rings. The molecule has 2 aromatic carbocycles. The fourth-order valence-corrected chi connectivity index (χ4v) is 2.20. The maximum atomic E-state index is 14.0. The molecule has 1 heterocycles. The summed E-state index contributed by atoms with van der Waals surface area (Å²) in [6, 6.07) is 10.3. The highest BCUT2D eigenvalue weighted by atomic mass is 19.1. The van der Waals surface area contributed by atoms with E-state index < -0.39 is 17.4 Å². The highest BCUT2D eigenvalue weighted by Gasteiger charge is 2.19. The third-order valence-electron chi connectivity index (χ3n) is 3.45. The number of rotatable bonds is 4. The van der Waals surface area contributed by atoms with Crippen LogP contribution in [0, 0.1) is 18.6 Å². The molecule has 0 N–H and O–H groups in total. The fraction of sp³-hybridized carbons (Fsp3) is 0.0556. The van der Waals surface area contributed by atoms with E-state index in [0.717, 1.165) is 23.3 Å². The average molecular weight is 325 g/mol. The van der Waals surface area contributed by atoms with Gasteiger partial charge in [-0.3, -0.25) is 4.79 Å². The summed E-state index contributed by atoms with van der Waals surface area (Å²) in [4.78, 5) is 16.5. The zero-order valence-corrected chi connectivity index (χ0v) is 12.8. The largest absolute Gasteiger partial charge is 0.287 e. The third kappa shape index (κ3) is 3.27. The summed E-state index contributed by atoms with van der Waals surface area (Å²) in [5.74, 6) is -2.28. The highest BCUT2D eigenvalue weighted by molar-refractivity contribution is 6.27. The van der Waals surface area contributed by atoms with E-state index in [-0.39, 0.29) is 11.3 Å². The monoisotopic (exact) mass is 325 g/mol. The normalized spacial score (nSPS) is 11.5. The number of hydrogen-bond acceptors (Lipinski definition) is 3. The van der Waals surface area contributed by atoms with Gasteiger partial charge in [0.25, 0.3) is 0 Å². The lowest BCUT2D eigenvalue weighted by atomic mass is 10.0. The first-order chi connectivity index (χ1) is 11.5. The minimum atomic E-state index is -0.921. The maximum Gasteiger partial charge on any atom is 0.214 e. The predicted octanol–water partition coefficient (Wildman–Crippen LogP) is 3.75. The minimum absolute atomic E-state index is 0.113. The first-order valence-electron chi connectivity index (χ1n) is 7.18. The number of halogens is 2. The van der Waals surface area contributed by atoms with Crippen molar-refractivity contribution in [3.05, 3.63) is 83.4 Å². The molecule has 1 aromatic heterocycles. The van der Waals surface area contributed by atoms with Crippen LogP contribution in [0.5, 0.6) is 0 Å². The van der Waals surface area contributed by atoms with Gasteiger partial charge in [-0.05, 0) is 30.7 Å². The second-order valence-electron chi connectivity index (χ2n) is 5.23. The number of nitrogens with zero attached hydrogens (tertiary/aromatic N) is 3. The molecule has 3 aromatic rings. The highest BCUT2D eigenvalue weighted by Crippen LogP contribution is 2.19. The zero-order chi connectivity index (χ0) is 17.1. The third-order valence-corrected chi connectivity index (χ3v) is 3.45. The van der Waals surface area contributed by atoms with E-state index in [2.05, 4.69) is 10.1 Å². The Morgan fingerprint density at radius 2 is 1.88 bits per heavy atom. The van der Waals surface area contributed by atoms with Crippen LogP contribution in [0.3, 0.4) is 0 Å². The van der Waals surface area contributed by atoms with Crippen molar-refractivity contribution in [2.45, 2.75) is 6.92 Å². The molecule has 24 heavy (non-hydrogen) atoms. The summed E-state index contributed by atoms with van der Waals surface area (Å²) in [6.45, 7) is 1.95. The Morgan fingerprint density at radius 1 is 1.12 bits per heavy atom. The Morgan fingerprint density at radius 3 is 2.50 bits per heavy atom. The van der Waals surface area contributed by atoms with Gasteiger partial charge in [-0.1, -0.05) is 29.8 Å². The van der Waals surface area contributed by atoms with Gasteiger partial charge in [-0.25, -0.2) is 18.4 Å². The summed E-state index contributed by atoms with van der Waals surface area (Å²) in [5.41, 5.74) is 1.71. The van der Waals surface area contributed by atoms with E-state index in [1.54, 1.807) is 6.08 Å². The van der Waals surface area contributed by atoms with Gasteiger partial charge in [0, 0.05) is 6.07 Å². The molecule has 0 unspecified atom stereocenters. The fourth-order valence-electron chi connectivity index (χ4n) is 2.20. The molecule has 0 aliphatic heterocycles. The summed E-state index contributed by atoms with van der Waals surface area (Å²) in [7, 11) is 0.